The molecule has 2 atom stereocenters. The standard InChI is InChI=1S/C14H23N3/c1-12(10-14-5-3-8-17-14)16-9-6-13-4-2-7-15-11-13/h2,4,7,11-12,14,16-17H,3,5-6,8-10H2,1H3. The zero-order valence-corrected chi connectivity index (χ0v) is 10.7. The van der Waals surface area contributed by atoms with Gasteiger partial charge in [-0.2, -0.15) is 0 Å². The first-order valence-electron chi connectivity index (χ1n) is 6.70. The quantitative estimate of drug-likeness (QED) is 0.786. The molecule has 0 saturated carbocycles. The zero-order valence-electron chi connectivity index (χ0n) is 10.7. The average molecular weight is 233 g/mol. The molecule has 0 aromatic carbocycles. The normalized spacial score (nSPS) is 21.6. The minimum atomic E-state index is 0.599. The van der Waals surface area contributed by atoms with E-state index in [2.05, 4.69) is 28.6 Å². The minimum Gasteiger partial charge on any atom is -0.314 e. The summed E-state index contributed by atoms with van der Waals surface area (Å²) in [6.45, 7) is 4.52. The summed E-state index contributed by atoms with van der Waals surface area (Å²) in [5.41, 5.74) is 1.31. The Labute approximate surface area is 104 Å². The van der Waals surface area contributed by atoms with Gasteiger partial charge >= 0.3 is 0 Å². The summed E-state index contributed by atoms with van der Waals surface area (Å²) >= 11 is 0. The van der Waals surface area contributed by atoms with E-state index in [0.717, 1.165) is 19.0 Å². The van der Waals surface area contributed by atoms with Crippen molar-refractivity contribution in [3.05, 3.63) is 30.1 Å². The molecule has 1 fully saturated rings. The summed E-state index contributed by atoms with van der Waals surface area (Å²) in [7, 11) is 0. The van der Waals surface area contributed by atoms with Crippen LogP contribution in [0.15, 0.2) is 24.5 Å². The van der Waals surface area contributed by atoms with Gasteiger partial charge in [-0.3, -0.25) is 4.98 Å². The van der Waals surface area contributed by atoms with Gasteiger partial charge in [0.15, 0.2) is 0 Å². The first kappa shape index (κ1) is 12.5. The summed E-state index contributed by atoms with van der Waals surface area (Å²) < 4.78 is 0. The molecule has 3 nitrogen and oxygen atoms in total. The van der Waals surface area contributed by atoms with Gasteiger partial charge in [0.2, 0.25) is 0 Å². The molecule has 94 valence electrons. The smallest absolute Gasteiger partial charge is 0.0300 e. The largest absolute Gasteiger partial charge is 0.314 e. The van der Waals surface area contributed by atoms with Crippen LogP contribution in [-0.2, 0) is 6.42 Å². The third kappa shape index (κ3) is 4.44. The van der Waals surface area contributed by atoms with Gasteiger partial charge in [-0.1, -0.05) is 6.07 Å². The van der Waals surface area contributed by atoms with Crippen molar-refractivity contribution >= 4 is 0 Å². The summed E-state index contributed by atoms with van der Waals surface area (Å²) in [5.74, 6) is 0. The fourth-order valence-corrected chi connectivity index (χ4v) is 2.48. The maximum absolute atomic E-state index is 4.13. The first-order valence-corrected chi connectivity index (χ1v) is 6.70. The van der Waals surface area contributed by atoms with Gasteiger partial charge in [-0.05, 0) is 57.3 Å². The lowest BCUT2D eigenvalue weighted by Gasteiger charge is -2.18. The van der Waals surface area contributed by atoms with Crippen molar-refractivity contribution in [2.45, 2.75) is 44.7 Å². The topological polar surface area (TPSA) is 37.0 Å². The van der Waals surface area contributed by atoms with E-state index in [0.29, 0.717) is 6.04 Å². The van der Waals surface area contributed by atoms with Crippen LogP contribution >= 0.6 is 0 Å². The highest BCUT2D eigenvalue weighted by atomic mass is 15.0. The molecule has 2 N–H and O–H groups in total. The molecule has 0 spiro atoms. The Morgan fingerprint density at radius 2 is 2.53 bits per heavy atom. The Morgan fingerprint density at radius 3 is 3.24 bits per heavy atom. The van der Waals surface area contributed by atoms with E-state index < -0.39 is 0 Å². The maximum Gasteiger partial charge on any atom is 0.0300 e. The fourth-order valence-electron chi connectivity index (χ4n) is 2.48. The molecule has 1 aromatic rings. The van der Waals surface area contributed by atoms with E-state index in [1.165, 1.54) is 31.4 Å². The highest BCUT2D eigenvalue weighted by Crippen LogP contribution is 2.10. The molecular formula is C14H23N3. The molecule has 1 aliphatic heterocycles. The number of nitrogens with one attached hydrogen (secondary N) is 2. The Kier molecular flexibility index (Phi) is 4.95. The number of hydrogen-bond donors (Lipinski definition) is 2. The molecule has 0 bridgehead atoms. The Morgan fingerprint density at radius 1 is 1.59 bits per heavy atom. The SMILES string of the molecule is CC(CC1CCCN1)NCCc1cccnc1. The lowest BCUT2D eigenvalue weighted by atomic mass is 10.1. The molecule has 17 heavy (non-hydrogen) atoms. The molecule has 1 aliphatic rings. The summed E-state index contributed by atoms with van der Waals surface area (Å²) in [4.78, 5) is 4.13. The van der Waals surface area contributed by atoms with Gasteiger partial charge < -0.3 is 10.6 Å². The molecular weight excluding hydrogens is 210 g/mol. The molecule has 0 amide bonds. The van der Waals surface area contributed by atoms with E-state index in [1.54, 1.807) is 0 Å². The third-order valence-corrected chi connectivity index (χ3v) is 3.43. The monoisotopic (exact) mass is 233 g/mol. The maximum atomic E-state index is 4.13. The van der Waals surface area contributed by atoms with Gasteiger partial charge in [-0.15, -0.1) is 0 Å². The van der Waals surface area contributed by atoms with Crippen molar-refractivity contribution in [1.82, 2.24) is 15.6 Å². The lowest BCUT2D eigenvalue weighted by molar-refractivity contribution is 0.443. The molecule has 2 rings (SSSR count). The second-order valence-electron chi connectivity index (χ2n) is 5.00. The molecule has 1 aromatic heterocycles. The Bertz CT molecular complexity index is 307. The molecule has 3 heteroatoms. The predicted molar refractivity (Wildman–Crippen MR) is 71.0 cm³/mol. The van der Waals surface area contributed by atoms with Crippen LogP contribution in [0.3, 0.4) is 0 Å². The van der Waals surface area contributed by atoms with Crippen molar-refractivity contribution in [2.24, 2.45) is 0 Å². The summed E-state index contributed by atoms with van der Waals surface area (Å²) in [5, 5.41) is 7.14. The third-order valence-electron chi connectivity index (χ3n) is 3.43. The predicted octanol–water partition coefficient (Wildman–Crippen LogP) is 1.74. The van der Waals surface area contributed by atoms with Crippen LogP contribution in [0.1, 0.15) is 31.7 Å². The van der Waals surface area contributed by atoms with Crippen LogP contribution in [0.4, 0.5) is 0 Å². The van der Waals surface area contributed by atoms with Crippen molar-refractivity contribution in [3.63, 3.8) is 0 Å². The van der Waals surface area contributed by atoms with Crippen LogP contribution in [-0.4, -0.2) is 30.2 Å². The van der Waals surface area contributed by atoms with Crippen molar-refractivity contribution in [1.29, 1.82) is 0 Å². The van der Waals surface area contributed by atoms with Gasteiger partial charge in [0.05, 0.1) is 0 Å². The van der Waals surface area contributed by atoms with Crippen LogP contribution in [0.25, 0.3) is 0 Å². The fraction of sp³-hybridized carbons (Fsp3) is 0.643. The van der Waals surface area contributed by atoms with Crippen molar-refractivity contribution in [3.8, 4) is 0 Å². The Balaban J connectivity index is 1.61. The van der Waals surface area contributed by atoms with Gasteiger partial charge in [-0.25, -0.2) is 0 Å². The van der Waals surface area contributed by atoms with E-state index >= 15 is 0 Å². The van der Waals surface area contributed by atoms with E-state index in [-0.39, 0.29) is 0 Å². The van der Waals surface area contributed by atoms with Gasteiger partial charge in [0, 0.05) is 24.5 Å². The average Bonchev–Trinajstić information content (AvgIpc) is 2.83. The van der Waals surface area contributed by atoms with E-state index in [9.17, 15) is 0 Å². The molecule has 2 unspecified atom stereocenters. The molecule has 2 heterocycles. The van der Waals surface area contributed by atoms with Crippen LogP contribution < -0.4 is 10.6 Å². The van der Waals surface area contributed by atoms with Gasteiger partial charge in [0.1, 0.15) is 0 Å². The number of nitrogens with zero attached hydrogens (tertiary/aromatic N) is 1. The number of rotatable bonds is 6. The Hall–Kier alpha value is -0.930. The second-order valence-corrected chi connectivity index (χ2v) is 5.00. The first-order chi connectivity index (χ1) is 8.34. The zero-order chi connectivity index (χ0) is 11.9. The van der Waals surface area contributed by atoms with E-state index in [1.807, 2.05) is 18.5 Å². The van der Waals surface area contributed by atoms with Crippen molar-refractivity contribution in [2.75, 3.05) is 13.1 Å². The molecule has 1 saturated heterocycles. The molecule has 0 radical (unpaired) electrons. The van der Waals surface area contributed by atoms with Crippen LogP contribution in [0, 0.1) is 0 Å². The van der Waals surface area contributed by atoms with Crippen LogP contribution in [0.5, 0.6) is 0 Å². The number of hydrogen-bond acceptors (Lipinski definition) is 3. The van der Waals surface area contributed by atoms with Gasteiger partial charge in [0.25, 0.3) is 0 Å². The summed E-state index contributed by atoms with van der Waals surface area (Å²) in [6.07, 6.45) is 8.77. The highest BCUT2D eigenvalue weighted by Gasteiger charge is 2.16. The summed E-state index contributed by atoms with van der Waals surface area (Å²) in [6, 6.07) is 5.47. The lowest BCUT2D eigenvalue weighted by Crippen LogP contribution is -2.34. The van der Waals surface area contributed by atoms with Crippen LogP contribution in [0.2, 0.25) is 0 Å². The molecule has 0 aliphatic carbocycles. The van der Waals surface area contributed by atoms with Crippen molar-refractivity contribution < 1.29 is 0 Å². The second kappa shape index (κ2) is 6.72. The number of aromatic nitrogens is 1. The highest BCUT2D eigenvalue weighted by molar-refractivity contribution is 5.08. The number of pyridine rings is 1. The minimum absolute atomic E-state index is 0.599. The van der Waals surface area contributed by atoms with E-state index in [4.69, 9.17) is 0 Å².